The van der Waals surface area contributed by atoms with Crippen molar-refractivity contribution in [1.29, 1.82) is 0 Å². The first-order valence-electron chi connectivity index (χ1n) is 13.0. The second-order valence-corrected chi connectivity index (χ2v) is 12.0. The lowest BCUT2D eigenvalue weighted by atomic mass is 9.67. The lowest BCUT2D eigenvalue weighted by Crippen LogP contribution is -2.45. The minimum atomic E-state index is 0.529. The van der Waals surface area contributed by atoms with Crippen molar-refractivity contribution in [2.45, 2.75) is 117 Å². The van der Waals surface area contributed by atoms with E-state index < -0.39 is 0 Å². The van der Waals surface area contributed by atoms with Crippen LogP contribution in [0.25, 0.3) is 0 Å². The van der Waals surface area contributed by atoms with Crippen LogP contribution in [-0.4, -0.2) is 60.8 Å². The SMILES string of the molecule is CC(C)CC1(CN2CCC3(CCC(OC4CCN(C(C)C)CC4)CC3)CC2)CC1. The van der Waals surface area contributed by atoms with Gasteiger partial charge >= 0.3 is 0 Å². The van der Waals surface area contributed by atoms with Crippen molar-refractivity contribution in [2.75, 3.05) is 32.7 Å². The van der Waals surface area contributed by atoms with Crippen LogP contribution in [0.15, 0.2) is 0 Å². The molecule has 4 fully saturated rings. The van der Waals surface area contributed by atoms with Crippen LogP contribution in [-0.2, 0) is 4.74 Å². The maximum atomic E-state index is 6.59. The minimum Gasteiger partial charge on any atom is -0.375 e. The maximum absolute atomic E-state index is 6.59. The van der Waals surface area contributed by atoms with Crippen LogP contribution in [0.2, 0.25) is 0 Å². The van der Waals surface area contributed by atoms with Crippen molar-refractivity contribution in [3.63, 3.8) is 0 Å². The molecule has 0 bridgehead atoms. The molecule has 0 aromatic rings. The molecule has 1 spiro atoms. The van der Waals surface area contributed by atoms with Crippen LogP contribution in [0.1, 0.15) is 98.3 Å². The smallest absolute Gasteiger partial charge is 0.0603 e. The highest BCUT2D eigenvalue weighted by Gasteiger charge is 2.46. The Morgan fingerprint density at radius 1 is 0.759 bits per heavy atom. The van der Waals surface area contributed by atoms with E-state index in [4.69, 9.17) is 4.74 Å². The average Bonchev–Trinajstić information content (AvgIpc) is 3.44. The molecule has 0 radical (unpaired) electrons. The summed E-state index contributed by atoms with van der Waals surface area (Å²) < 4.78 is 6.59. The third-order valence-corrected chi connectivity index (χ3v) is 8.86. The van der Waals surface area contributed by atoms with Gasteiger partial charge in [0.25, 0.3) is 0 Å². The summed E-state index contributed by atoms with van der Waals surface area (Å²) in [6.45, 7) is 16.0. The zero-order chi connectivity index (χ0) is 20.5. The van der Waals surface area contributed by atoms with Gasteiger partial charge < -0.3 is 14.5 Å². The quantitative estimate of drug-likeness (QED) is 0.539. The first-order valence-corrected chi connectivity index (χ1v) is 13.0. The van der Waals surface area contributed by atoms with Gasteiger partial charge in [-0.15, -0.1) is 0 Å². The summed E-state index contributed by atoms with van der Waals surface area (Å²) in [7, 11) is 0. The highest BCUT2D eigenvalue weighted by Crippen LogP contribution is 2.52. The number of rotatable bonds is 7. The Balaban J connectivity index is 1.16. The molecule has 0 unspecified atom stereocenters. The molecule has 3 heteroatoms. The van der Waals surface area contributed by atoms with E-state index in [0.717, 1.165) is 5.92 Å². The second-order valence-electron chi connectivity index (χ2n) is 12.0. The van der Waals surface area contributed by atoms with E-state index >= 15 is 0 Å². The molecule has 0 aromatic heterocycles. The molecular formula is C26H48N2O. The van der Waals surface area contributed by atoms with Gasteiger partial charge in [-0.3, -0.25) is 0 Å². The molecule has 0 amide bonds. The number of hydrogen-bond donors (Lipinski definition) is 0. The summed E-state index contributed by atoms with van der Waals surface area (Å²) in [5, 5.41) is 0. The number of nitrogens with zero attached hydrogens (tertiary/aromatic N) is 2. The minimum absolute atomic E-state index is 0.529. The molecule has 3 nitrogen and oxygen atoms in total. The van der Waals surface area contributed by atoms with Gasteiger partial charge in [-0.2, -0.15) is 0 Å². The molecular weight excluding hydrogens is 356 g/mol. The maximum Gasteiger partial charge on any atom is 0.0603 e. The average molecular weight is 405 g/mol. The van der Waals surface area contributed by atoms with Gasteiger partial charge in [0.2, 0.25) is 0 Å². The molecule has 2 saturated heterocycles. The highest BCUT2D eigenvalue weighted by molar-refractivity contribution is 4.98. The Bertz CT molecular complexity index is 501. The molecule has 0 N–H and O–H groups in total. The van der Waals surface area contributed by atoms with Crippen LogP contribution in [0.3, 0.4) is 0 Å². The molecule has 168 valence electrons. The normalized spacial score (nSPS) is 29.2. The summed E-state index contributed by atoms with van der Waals surface area (Å²) in [4.78, 5) is 5.43. The predicted octanol–water partition coefficient (Wildman–Crippen LogP) is 5.73. The molecule has 2 heterocycles. The first-order chi connectivity index (χ1) is 13.9. The van der Waals surface area contributed by atoms with Gasteiger partial charge in [0.1, 0.15) is 0 Å². The zero-order valence-corrected chi connectivity index (χ0v) is 19.9. The zero-order valence-electron chi connectivity index (χ0n) is 19.9. The van der Waals surface area contributed by atoms with Crippen LogP contribution in [0.4, 0.5) is 0 Å². The summed E-state index contributed by atoms with van der Waals surface area (Å²) in [6.07, 6.45) is 16.4. The lowest BCUT2D eigenvalue weighted by molar-refractivity contribution is -0.0803. The molecule has 2 saturated carbocycles. The van der Waals surface area contributed by atoms with Gasteiger partial charge in [-0.1, -0.05) is 13.8 Å². The van der Waals surface area contributed by atoms with Crippen molar-refractivity contribution >= 4 is 0 Å². The number of likely N-dealkylation sites (tertiary alicyclic amines) is 2. The third-order valence-electron chi connectivity index (χ3n) is 8.86. The summed E-state index contributed by atoms with van der Waals surface area (Å²) >= 11 is 0. The third kappa shape index (κ3) is 5.77. The number of piperidine rings is 2. The first kappa shape index (κ1) is 22.1. The molecule has 2 aliphatic carbocycles. The van der Waals surface area contributed by atoms with Crippen molar-refractivity contribution in [1.82, 2.24) is 9.80 Å². The van der Waals surface area contributed by atoms with Gasteiger partial charge in [0.15, 0.2) is 0 Å². The Morgan fingerprint density at radius 2 is 1.34 bits per heavy atom. The fourth-order valence-electron chi connectivity index (χ4n) is 6.77. The molecule has 0 atom stereocenters. The van der Waals surface area contributed by atoms with E-state index in [9.17, 15) is 0 Å². The predicted molar refractivity (Wildman–Crippen MR) is 122 cm³/mol. The standard InChI is InChI=1S/C26H48N2O/c1-21(2)19-26(11-12-26)20-27-17-13-25(14-18-27)9-5-23(6-10-25)29-24-7-15-28(16-8-24)22(3)4/h21-24H,5-20H2,1-4H3. The van der Waals surface area contributed by atoms with Crippen molar-refractivity contribution in [3.8, 4) is 0 Å². The lowest BCUT2D eigenvalue weighted by Gasteiger charge is -2.47. The molecule has 2 aliphatic heterocycles. The highest BCUT2D eigenvalue weighted by atomic mass is 16.5. The van der Waals surface area contributed by atoms with Crippen LogP contribution < -0.4 is 0 Å². The van der Waals surface area contributed by atoms with Gasteiger partial charge in [0.05, 0.1) is 12.2 Å². The van der Waals surface area contributed by atoms with Gasteiger partial charge in [0, 0.05) is 25.7 Å². The van der Waals surface area contributed by atoms with Crippen molar-refractivity contribution in [3.05, 3.63) is 0 Å². The van der Waals surface area contributed by atoms with Crippen molar-refractivity contribution in [2.24, 2.45) is 16.7 Å². The molecule has 4 aliphatic rings. The molecule has 4 rings (SSSR count). The van der Waals surface area contributed by atoms with Crippen LogP contribution in [0, 0.1) is 16.7 Å². The summed E-state index contributed by atoms with van der Waals surface area (Å²) in [6, 6.07) is 0.691. The fourth-order valence-corrected chi connectivity index (χ4v) is 6.77. The largest absolute Gasteiger partial charge is 0.375 e. The van der Waals surface area contributed by atoms with E-state index in [0.29, 0.717) is 29.1 Å². The Kier molecular flexibility index (Phi) is 6.98. The van der Waals surface area contributed by atoms with E-state index in [1.165, 1.54) is 103 Å². The van der Waals surface area contributed by atoms with E-state index in [1.54, 1.807) is 0 Å². The van der Waals surface area contributed by atoms with Gasteiger partial charge in [-0.05, 0) is 114 Å². The number of ether oxygens (including phenoxy) is 1. The van der Waals surface area contributed by atoms with Gasteiger partial charge in [-0.25, -0.2) is 0 Å². The summed E-state index contributed by atoms with van der Waals surface area (Å²) in [5.74, 6) is 0.863. The fraction of sp³-hybridized carbons (Fsp3) is 1.00. The van der Waals surface area contributed by atoms with Crippen LogP contribution in [0.5, 0.6) is 0 Å². The molecule has 29 heavy (non-hydrogen) atoms. The Hall–Kier alpha value is -0.120. The van der Waals surface area contributed by atoms with Crippen LogP contribution >= 0.6 is 0 Å². The number of hydrogen-bond acceptors (Lipinski definition) is 3. The second kappa shape index (κ2) is 9.17. The topological polar surface area (TPSA) is 15.7 Å². The molecule has 0 aromatic carbocycles. The Labute approximate surface area is 180 Å². The Morgan fingerprint density at radius 3 is 1.86 bits per heavy atom. The van der Waals surface area contributed by atoms with E-state index in [2.05, 4.69) is 37.5 Å². The summed E-state index contributed by atoms with van der Waals surface area (Å²) in [5.41, 5.74) is 1.36. The van der Waals surface area contributed by atoms with E-state index in [-0.39, 0.29) is 0 Å². The van der Waals surface area contributed by atoms with Crippen molar-refractivity contribution < 1.29 is 4.74 Å². The monoisotopic (exact) mass is 404 g/mol. The van der Waals surface area contributed by atoms with E-state index in [1.807, 2.05) is 0 Å².